The zero-order valence-electron chi connectivity index (χ0n) is 16.6. The van der Waals surface area contributed by atoms with Crippen LogP contribution in [0.4, 0.5) is 4.79 Å². The van der Waals surface area contributed by atoms with Crippen LogP contribution in [0.15, 0.2) is 24.3 Å². The molecule has 27 heavy (non-hydrogen) atoms. The molecule has 6 heteroatoms. The third kappa shape index (κ3) is 4.80. The molecular formula is C21H31N3O3. The molecule has 2 aliphatic rings. The largest absolute Gasteiger partial charge is 0.378 e. The number of likely N-dealkylation sites (tertiary alicyclic amines) is 1. The van der Waals surface area contributed by atoms with Crippen molar-refractivity contribution in [2.24, 2.45) is 5.92 Å². The Balaban J connectivity index is 1.78. The fraction of sp³-hybridized carbons (Fsp3) is 0.619. The number of amides is 3. The molecule has 0 aliphatic carbocycles. The average Bonchev–Trinajstić information content (AvgIpc) is 2.67. The lowest BCUT2D eigenvalue weighted by molar-refractivity contribution is -0.141. The highest BCUT2D eigenvalue weighted by molar-refractivity contribution is 5.81. The molecule has 0 aromatic heterocycles. The van der Waals surface area contributed by atoms with Crippen LogP contribution in [0, 0.1) is 12.8 Å². The number of hydrogen-bond donors (Lipinski definition) is 1. The van der Waals surface area contributed by atoms with E-state index in [2.05, 4.69) is 30.4 Å². The third-order valence-corrected chi connectivity index (χ3v) is 5.35. The molecule has 2 saturated heterocycles. The van der Waals surface area contributed by atoms with E-state index in [1.807, 2.05) is 29.7 Å². The van der Waals surface area contributed by atoms with E-state index in [1.54, 1.807) is 0 Å². The van der Waals surface area contributed by atoms with Gasteiger partial charge in [0.1, 0.15) is 0 Å². The Bertz CT molecular complexity index is 670. The number of urea groups is 1. The minimum absolute atomic E-state index is 0.0115. The number of rotatable bonds is 3. The van der Waals surface area contributed by atoms with Gasteiger partial charge >= 0.3 is 6.03 Å². The molecule has 1 N–H and O–H groups in total. The Morgan fingerprint density at radius 1 is 1.19 bits per heavy atom. The second-order valence-electron chi connectivity index (χ2n) is 7.90. The van der Waals surface area contributed by atoms with Crippen molar-refractivity contribution >= 4 is 11.9 Å². The van der Waals surface area contributed by atoms with Crippen LogP contribution in [-0.2, 0) is 9.53 Å². The van der Waals surface area contributed by atoms with Crippen LogP contribution in [0.2, 0.25) is 0 Å². The Labute approximate surface area is 161 Å². The topological polar surface area (TPSA) is 61.9 Å². The normalized spacial score (nSPS) is 23.4. The molecule has 1 aromatic rings. The molecule has 2 aliphatic heterocycles. The van der Waals surface area contributed by atoms with Crippen molar-refractivity contribution in [3.63, 3.8) is 0 Å². The Hall–Kier alpha value is -2.08. The van der Waals surface area contributed by atoms with E-state index in [4.69, 9.17) is 4.74 Å². The van der Waals surface area contributed by atoms with E-state index in [0.29, 0.717) is 32.8 Å². The van der Waals surface area contributed by atoms with Gasteiger partial charge in [-0.1, -0.05) is 29.8 Å². The van der Waals surface area contributed by atoms with Crippen LogP contribution >= 0.6 is 0 Å². The van der Waals surface area contributed by atoms with E-state index in [1.165, 1.54) is 5.56 Å². The molecule has 0 bridgehead atoms. The summed E-state index contributed by atoms with van der Waals surface area (Å²) in [6.45, 7) is 8.94. The highest BCUT2D eigenvalue weighted by atomic mass is 16.5. The molecule has 2 fully saturated rings. The van der Waals surface area contributed by atoms with Crippen molar-refractivity contribution in [2.75, 3.05) is 32.8 Å². The van der Waals surface area contributed by atoms with E-state index in [0.717, 1.165) is 18.4 Å². The fourth-order valence-electron chi connectivity index (χ4n) is 3.99. The Morgan fingerprint density at radius 2 is 1.93 bits per heavy atom. The summed E-state index contributed by atoms with van der Waals surface area (Å²) in [5.74, 6) is 0.0189. The highest BCUT2D eigenvalue weighted by Gasteiger charge is 2.37. The highest BCUT2D eigenvalue weighted by Crippen LogP contribution is 2.34. The van der Waals surface area contributed by atoms with Gasteiger partial charge < -0.3 is 19.9 Å². The third-order valence-electron chi connectivity index (χ3n) is 5.35. The molecule has 2 atom stereocenters. The smallest absolute Gasteiger partial charge is 0.318 e. The summed E-state index contributed by atoms with van der Waals surface area (Å²) in [7, 11) is 0. The lowest BCUT2D eigenvalue weighted by atomic mass is 9.87. The predicted molar refractivity (Wildman–Crippen MR) is 104 cm³/mol. The first-order valence-electron chi connectivity index (χ1n) is 9.96. The summed E-state index contributed by atoms with van der Waals surface area (Å²) in [4.78, 5) is 29.6. The number of morpholine rings is 1. The van der Waals surface area contributed by atoms with Gasteiger partial charge in [-0.3, -0.25) is 4.79 Å². The molecule has 3 amide bonds. The molecule has 1 aromatic carbocycles. The zero-order chi connectivity index (χ0) is 19.4. The van der Waals surface area contributed by atoms with Crippen LogP contribution in [0.5, 0.6) is 0 Å². The first kappa shape index (κ1) is 19.7. The van der Waals surface area contributed by atoms with Gasteiger partial charge in [0.2, 0.25) is 5.91 Å². The van der Waals surface area contributed by atoms with Crippen molar-refractivity contribution in [1.82, 2.24) is 15.1 Å². The van der Waals surface area contributed by atoms with Gasteiger partial charge in [-0.05, 0) is 39.2 Å². The first-order chi connectivity index (χ1) is 13.0. The van der Waals surface area contributed by atoms with Gasteiger partial charge in [0.25, 0.3) is 0 Å². The maximum atomic E-state index is 13.0. The maximum absolute atomic E-state index is 13.0. The number of benzene rings is 1. The fourth-order valence-corrected chi connectivity index (χ4v) is 3.99. The molecule has 3 rings (SSSR count). The number of aryl methyl sites for hydroxylation is 1. The van der Waals surface area contributed by atoms with Crippen LogP contribution < -0.4 is 5.32 Å². The summed E-state index contributed by atoms with van der Waals surface area (Å²) >= 11 is 0. The summed E-state index contributed by atoms with van der Waals surface area (Å²) in [6, 6.07) is 8.31. The minimum Gasteiger partial charge on any atom is -0.378 e. The second kappa shape index (κ2) is 8.74. The van der Waals surface area contributed by atoms with Crippen molar-refractivity contribution in [3.8, 4) is 0 Å². The lowest BCUT2D eigenvalue weighted by Gasteiger charge is -2.41. The number of piperidine rings is 1. The number of nitrogens with one attached hydrogen (secondary N) is 1. The molecule has 148 valence electrons. The van der Waals surface area contributed by atoms with Gasteiger partial charge in [0.15, 0.2) is 0 Å². The summed E-state index contributed by atoms with van der Waals surface area (Å²) in [5.41, 5.74) is 2.33. The SMILES string of the molecule is Cc1cccc([C@@H]2CC[C@@H](C(=O)N3CCOCC3)CN2C(=O)NC(C)C)c1. The quantitative estimate of drug-likeness (QED) is 0.886. The van der Waals surface area contributed by atoms with Crippen molar-refractivity contribution < 1.29 is 14.3 Å². The van der Waals surface area contributed by atoms with Crippen molar-refractivity contribution in [1.29, 1.82) is 0 Å². The van der Waals surface area contributed by atoms with Crippen molar-refractivity contribution in [2.45, 2.75) is 45.7 Å². The summed E-state index contributed by atoms with van der Waals surface area (Å²) < 4.78 is 5.36. The number of carbonyl (C=O) groups is 2. The van der Waals surface area contributed by atoms with E-state index >= 15 is 0 Å². The van der Waals surface area contributed by atoms with Gasteiger partial charge in [0.05, 0.1) is 25.2 Å². The van der Waals surface area contributed by atoms with Crippen LogP contribution in [0.3, 0.4) is 0 Å². The van der Waals surface area contributed by atoms with E-state index < -0.39 is 0 Å². The van der Waals surface area contributed by atoms with Gasteiger partial charge in [-0.2, -0.15) is 0 Å². The molecule has 6 nitrogen and oxygen atoms in total. The molecule has 2 heterocycles. The molecule has 0 saturated carbocycles. The van der Waals surface area contributed by atoms with Crippen molar-refractivity contribution in [3.05, 3.63) is 35.4 Å². The van der Waals surface area contributed by atoms with Gasteiger partial charge in [-0.15, -0.1) is 0 Å². The predicted octanol–water partition coefficient (Wildman–Crippen LogP) is 2.72. The Morgan fingerprint density at radius 3 is 2.59 bits per heavy atom. The Kier molecular flexibility index (Phi) is 6.37. The summed E-state index contributed by atoms with van der Waals surface area (Å²) in [5, 5.41) is 3.01. The van der Waals surface area contributed by atoms with E-state index in [9.17, 15) is 9.59 Å². The molecule has 0 radical (unpaired) electrons. The van der Waals surface area contributed by atoms with Gasteiger partial charge in [0, 0.05) is 25.7 Å². The number of ether oxygens (including phenoxy) is 1. The van der Waals surface area contributed by atoms with Gasteiger partial charge in [-0.25, -0.2) is 4.79 Å². The first-order valence-corrected chi connectivity index (χ1v) is 9.96. The summed E-state index contributed by atoms with van der Waals surface area (Å²) in [6.07, 6.45) is 1.61. The maximum Gasteiger partial charge on any atom is 0.318 e. The number of hydrogen-bond acceptors (Lipinski definition) is 3. The standard InChI is InChI=1S/C21H31N3O3/c1-15(2)22-21(26)24-14-18(20(25)23-9-11-27-12-10-23)7-8-19(24)17-6-4-5-16(3)13-17/h4-6,13,15,18-19H,7-12,14H2,1-3H3,(H,22,26)/t18-,19+/m1/s1. The zero-order valence-corrected chi connectivity index (χ0v) is 16.6. The van der Waals surface area contributed by atoms with Crippen LogP contribution in [-0.4, -0.2) is 60.6 Å². The average molecular weight is 373 g/mol. The molecular weight excluding hydrogens is 342 g/mol. The minimum atomic E-state index is -0.137. The number of carbonyl (C=O) groups excluding carboxylic acids is 2. The molecule has 0 spiro atoms. The van der Waals surface area contributed by atoms with E-state index in [-0.39, 0.29) is 29.9 Å². The van der Waals surface area contributed by atoms with Crippen LogP contribution in [0.25, 0.3) is 0 Å². The lowest BCUT2D eigenvalue weighted by Crippen LogP contribution is -2.53. The monoisotopic (exact) mass is 373 g/mol. The van der Waals surface area contributed by atoms with Crippen LogP contribution in [0.1, 0.15) is 43.9 Å². The second-order valence-corrected chi connectivity index (χ2v) is 7.90. The molecule has 0 unspecified atom stereocenters. The number of nitrogens with zero attached hydrogens (tertiary/aromatic N) is 2.